The number of para-hydroxylation sites is 1. The Morgan fingerprint density at radius 3 is 1.67 bits per heavy atom. The predicted molar refractivity (Wildman–Crippen MR) is 87.0 cm³/mol. The third kappa shape index (κ3) is 7.49. The standard InChI is InChI=1S/C18H30O3/c1-20-14-7-3-5-10-16-12-9-13-17(18(16)19)11-6-4-8-15-21-2/h9,12-13,19H,3-8,10-11,14-15H2,1-2H3. The van der Waals surface area contributed by atoms with E-state index in [0.29, 0.717) is 5.75 Å². The molecule has 1 N–H and O–H groups in total. The fourth-order valence-corrected chi connectivity index (χ4v) is 2.53. The van der Waals surface area contributed by atoms with E-state index in [1.807, 2.05) is 12.1 Å². The number of hydrogen-bond donors (Lipinski definition) is 1. The van der Waals surface area contributed by atoms with Crippen molar-refractivity contribution in [2.45, 2.75) is 51.4 Å². The normalized spacial score (nSPS) is 11.0. The molecule has 3 heteroatoms. The van der Waals surface area contributed by atoms with Gasteiger partial charge in [-0.15, -0.1) is 0 Å². The molecule has 0 atom stereocenters. The van der Waals surface area contributed by atoms with E-state index in [0.717, 1.165) is 75.7 Å². The third-order valence-corrected chi connectivity index (χ3v) is 3.79. The lowest BCUT2D eigenvalue weighted by atomic mass is 9.99. The Bertz CT molecular complexity index is 344. The second-order valence-electron chi connectivity index (χ2n) is 5.53. The molecule has 0 heterocycles. The molecule has 0 saturated carbocycles. The first kappa shape index (κ1) is 18.0. The van der Waals surface area contributed by atoms with Gasteiger partial charge in [0.1, 0.15) is 5.75 Å². The number of aromatic hydroxyl groups is 1. The molecular formula is C18H30O3. The molecule has 3 nitrogen and oxygen atoms in total. The number of rotatable bonds is 12. The van der Waals surface area contributed by atoms with Crippen molar-refractivity contribution in [3.05, 3.63) is 29.3 Å². The highest BCUT2D eigenvalue weighted by Crippen LogP contribution is 2.25. The first-order valence-electron chi connectivity index (χ1n) is 8.07. The second-order valence-corrected chi connectivity index (χ2v) is 5.53. The van der Waals surface area contributed by atoms with Crippen molar-refractivity contribution < 1.29 is 14.6 Å². The van der Waals surface area contributed by atoms with Crippen molar-refractivity contribution in [3.8, 4) is 5.75 Å². The van der Waals surface area contributed by atoms with Crippen LogP contribution in [0.1, 0.15) is 49.7 Å². The number of ether oxygens (including phenoxy) is 2. The highest BCUT2D eigenvalue weighted by Gasteiger charge is 2.06. The van der Waals surface area contributed by atoms with Crippen molar-refractivity contribution in [2.75, 3.05) is 27.4 Å². The van der Waals surface area contributed by atoms with Crippen molar-refractivity contribution in [1.29, 1.82) is 0 Å². The maximum Gasteiger partial charge on any atom is 0.121 e. The van der Waals surface area contributed by atoms with E-state index in [-0.39, 0.29) is 0 Å². The lowest BCUT2D eigenvalue weighted by Gasteiger charge is -2.10. The zero-order chi connectivity index (χ0) is 15.3. The minimum Gasteiger partial charge on any atom is -0.507 e. The number of methoxy groups -OCH3 is 2. The molecule has 0 radical (unpaired) electrons. The van der Waals surface area contributed by atoms with Gasteiger partial charge in [-0.05, 0) is 49.7 Å². The Morgan fingerprint density at radius 1 is 0.762 bits per heavy atom. The minimum atomic E-state index is 0.510. The van der Waals surface area contributed by atoms with Crippen LogP contribution < -0.4 is 0 Å². The molecule has 120 valence electrons. The third-order valence-electron chi connectivity index (χ3n) is 3.79. The van der Waals surface area contributed by atoms with Gasteiger partial charge < -0.3 is 14.6 Å². The van der Waals surface area contributed by atoms with Crippen LogP contribution in [-0.2, 0) is 22.3 Å². The molecular weight excluding hydrogens is 264 g/mol. The number of unbranched alkanes of at least 4 members (excludes halogenated alkanes) is 4. The fraction of sp³-hybridized carbons (Fsp3) is 0.667. The summed E-state index contributed by atoms with van der Waals surface area (Å²) in [6.45, 7) is 1.65. The molecule has 0 aliphatic rings. The van der Waals surface area contributed by atoms with Crippen LogP contribution in [0.3, 0.4) is 0 Å². The first-order chi connectivity index (χ1) is 10.3. The second kappa shape index (κ2) is 11.6. The summed E-state index contributed by atoms with van der Waals surface area (Å²) in [6.07, 6.45) is 8.60. The summed E-state index contributed by atoms with van der Waals surface area (Å²) in [5.41, 5.74) is 2.17. The molecule has 1 aromatic rings. The Balaban J connectivity index is 2.35. The van der Waals surface area contributed by atoms with Gasteiger partial charge in [0.2, 0.25) is 0 Å². The monoisotopic (exact) mass is 294 g/mol. The summed E-state index contributed by atoms with van der Waals surface area (Å²) in [6, 6.07) is 6.15. The van der Waals surface area contributed by atoms with Gasteiger partial charge in [-0.2, -0.15) is 0 Å². The first-order valence-corrected chi connectivity index (χ1v) is 8.07. The molecule has 0 fully saturated rings. The number of phenols is 1. The molecule has 0 spiro atoms. The van der Waals surface area contributed by atoms with Gasteiger partial charge in [-0.25, -0.2) is 0 Å². The van der Waals surface area contributed by atoms with Crippen molar-refractivity contribution in [2.24, 2.45) is 0 Å². The lowest BCUT2D eigenvalue weighted by molar-refractivity contribution is 0.192. The lowest BCUT2D eigenvalue weighted by Crippen LogP contribution is -1.95. The van der Waals surface area contributed by atoms with Crippen molar-refractivity contribution >= 4 is 0 Å². The SMILES string of the molecule is COCCCCCc1cccc(CCCCCOC)c1O. The Kier molecular flexibility index (Phi) is 9.92. The maximum absolute atomic E-state index is 10.3. The summed E-state index contributed by atoms with van der Waals surface area (Å²) >= 11 is 0. The van der Waals surface area contributed by atoms with E-state index >= 15 is 0 Å². The van der Waals surface area contributed by atoms with Crippen LogP contribution in [0.4, 0.5) is 0 Å². The molecule has 21 heavy (non-hydrogen) atoms. The summed E-state index contributed by atoms with van der Waals surface area (Å²) in [4.78, 5) is 0. The Labute approximate surface area is 129 Å². The zero-order valence-corrected chi connectivity index (χ0v) is 13.6. The van der Waals surface area contributed by atoms with Gasteiger partial charge >= 0.3 is 0 Å². The van der Waals surface area contributed by atoms with Gasteiger partial charge in [0.25, 0.3) is 0 Å². The van der Waals surface area contributed by atoms with Crippen LogP contribution >= 0.6 is 0 Å². The van der Waals surface area contributed by atoms with Gasteiger partial charge in [0.15, 0.2) is 0 Å². The Hall–Kier alpha value is -1.06. The average molecular weight is 294 g/mol. The van der Waals surface area contributed by atoms with Crippen molar-refractivity contribution in [3.63, 3.8) is 0 Å². The van der Waals surface area contributed by atoms with E-state index in [2.05, 4.69) is 6.07 Å². The van der Waals surface area contributed by atoms with Crippen LogP contribution in [0.5, 0.6) is 5.75 Å². The zero-order valence-electron chi connectivity index (χ0n) is 13.6. The molecule has 0 bridgehead atoms. The molecule has 0 unspecified atom stereocenters. The predicted octanol–water partition coefficient (Wildman–Crippen LogP) is 4.11. The summed E-state index contributed by atoms with van der Waals surface area (Å²) in [5, 5.41) is 10.3. The van der Waals surface area contributed by atoms with E-state index in [1.165, 1.54) is 0 Å². The largest absolute Gasteiger partial charge is 0.507 e. The van der Waals surface area contributed by atoms with Gasteiger partial charge in [-0.3, -0.25) is 0 Å². The number of benzene rings is 1. The minimum absolute atomic E-state index is 0.510. The van der Waals surface area contributed by atoms with Gasteiger partial charge in [0, 0.05) is 27.4 Å². The summed E-state index contributed by atoms with van der Waals surface area (Å²) < 4.78 is 10.1. The quantitative estimate of drug-likeness (QED) is 0.590. The highest BCUT2D eigenvalue weighted by molar-refractivity contribution is 5.40. The van der Waals surface area contributed by atoms with Gasteiger partial charge in [0.05, 0.1) is 0 Å². The molecule has 0 aromatic heterocycles. The smallest absolute Gasteiger partial charge is 0.121 e. The van der Waals surface area contributed by atoms with Crippen LogP contribution in [0, 0.1) is 0 Å². The molecule has 1 aromatic carbocycles. The summed E-state index contributed by atoms with van der Waals surface area (Å²) in [7, 11) is 3.48. The van der Waals surface area contributed by atoms with Crippen LogP contribution in [0.25, 0.3) is 0 Å². The van der Waals surface area contributed by atoms with Crippen LogP contribution in [0.2, 0.25) is 0 Å². The number of aryl methyl sites for hydroxylation is 2. The van der Waals surface area contributed by atoms with Crippen LogP contribution in [0.15, 0.2) is 18.2 Å². The fourth-order valence-electron chi connectivity index (χ4n) is 2.53. The summed E-state index contributed by atoms with van der Waals surface area (Å²) in [5.74, 6) is 0.510. The molecule has 0 saturated heterocycles. The van der Waals surface area contributed by atoms with E-state index in [9.17, 15) is 5.11 Å². The van der Waals surface area contributed by atoms with E-state index < -0.39 is 0 Å². The Morgan fingerprint density at radius 2 is 1.24 bits per heavy atom. The van der Waals surface area contributed by atoms with E-state index in [4.69, 9.17) is 9.47 Å². The number of hydrogen-bond acceptors (Lipinski definition) is 3. The molecule has 0 amide bonds. The molecule has 1 rings (SSSR count). The average Bonchev–Trinajstić information content (AvgIpc) is 2.50. The van der Waals surface area contributed by atoms with Crippen molar-refractivity contribution in [1.82, 2.24) is 0 Å². The number of phenolic OH excluding ortho intramolecular Hbond substituents is 1. The van der Waals surface area contributed by atoms with E-state index in [1.54, 1.807) is 14.2 Å². The molecule has 0 aliphatic heterocycles. The highest BCUT2D eigenvalue weighted by atomic mass is 16.5. The van der Waals surface area contributed by atoms with Gasteiger partial charge in [-0.1, -0.05) is 31.0 Å². The molecule has 0 aliphatic carbocycles. The topological polar surface area (TPSA) is 38.7 Å². The maximum atomic E-state index is 10.3. The van der Waals surface area contributed by atoms with Crippen LogP contribution in [-0.4, -0.2) is 32.5 Å².